The van der Waals surface area contributed by atoms with Crippen LogP contribution in [0.25, 0.3) is 0 Å². The van der Waals surface area contributed by atoms with Crippen molar-refractivity contribution in [2.24, 2.45) is 0 Å². The van der Waals surface area contributed by atoms with Crippen LogP contribution in [0.2, 0.25) is 0 Å². The molecule has 5 heteroatoms. The van der Waals surface area contributed by atoms with Gasteiger partial charge >= 0.3 is 0 Å². The fourth-order valence-electron chi connectivity index (χ4n) is 3.24. The van der Waals surface area contributed by atoms with Gasteiger partial charge in [0.25, 0.3) is 0 Å². The van der Waals surface area contributed by atoms with Gasteiger partial charge in [-0.3, -0.25) is 4.79 Å². The number of carbonyl (C=O) groups is 1. The Morgan fingerprint density at radius 3 is 2.92 bits per heavy atom. The van der Waals surface area contributed by atoms with E-state index in [2.05, 4.69) is 42.0 Å². The van der Waals surface area contributed by atoms with Gasteiger partial charge in [0.1, 0.15) is 12.4 Å². The largest absolute Gasteiger partial charge is 0.370 e. The van der Waals surface area contributed by atoms with E-state index >= 15 is 0 Å². The van der Waals surface area contributed by atoms with Crippen molar-refractivity contribution in [3.05, 3.63) is 59.2 Å². The number of amides is 1. The number of ether oxygens (including phenoxy) is 1. The maximum absolute atomic E-state index is 12.7. The van der Waals surface area contributed by atoms with Crippen molar-refractivity contribution in [2.75, 3.05) is 13.2 Å². The summed E-state index contributed by atoms with van der Waals surface area (Å²) >= 11 is 0. The van der Waals surface area contributed by atoms with Gasteiger partial charge < -0.3 is 9.64 Å². The Kier molecular flexibility index (Phi) is 5.43. The third kappa shape index (κ3) is 4.23. The normalized spacial score (nSPS) is 20.5. The molecule has 1 aliphatic rings. The van der Waals surface area contributed by atoms with Gasteiger partial charge in [0, 0.05) is 18.3 Å². The molecule has 0 spiro atoms. The molecule has 1 amide bonds. The van der Waals surface area contributed by atoms with Crippen molar-refractivity contribution in [3.63, 3.8) is 0 Å². The molecule has 2 heterocycles. The molecular weight excluding hydrogens is 314 g/mol. The van der Waals surface area contributed by atoms with E-state index in [4.69, 9.17) is 4.74 Å². The number of benzene rings is 1. The van der Waals surface area contributed by atoms with Crippen LogP contribution < -0.4 is 0 Å². The number of nitrogens with zero attached hydrogens (tertiary/aromatic N) is 3. The molecule has 0 unspecified atom stereocenters. The second-order valence-corrected chi connectivity index (χ2v) is 6.78. The summed E-state index contributed by atoms with van der Waals surface area (Å²) in [5.41, 5.74) is 4.50. The highest BCUT2D eigenvalue weighted by Gasteiger charge is 2.30. The lowest BCUT2D eigenvalue weighted by molar-refractivity contribution is -0.144. The van der Waals surface area contributed by atoms with Gasteiger partial charge in [0.2, 0.25) is 5.91 Å². The van der Waals surface area contributed by atoms with Crippen LogP contribution in [0.5, 0.6) is 0 Å². The Hall–Kier alpha value is -2.27. The molecule has 0 saturated carbocycles. The Balaban J connectivity index is 1.68. The molecule has 0 radical (unpaired) electrons. The van der Waals surface area contributed by atoms with Gasteiger partial charge in [-0.25, -0.2) is 9.97 Å². The maximum atomic E-state index is 12.7. The number of hydrogen-bond donors (Lipinski definition) is 0. The fourth-order valence-corrected chi connectivity index (χ4v) is 3.24. The van der Waals surface area contributed by atoms with Crippen molar-refractivity contribution in [2.45, 2.75) is 45.8 Å². The van der Waals surface area contributed by atoms with E-state index in [-0.39, 0.29) is 18.1 Å². The minimum Gasteiger partial charge on any atom is -0.370 e. The monoisotopic (exact) mass is 339 g/mol. The van der Waals surface area contributed by atoms with E-state index in [1.165, 1.54) is 23.0 Å². The van der Waals surface area contributed by atoms with Crippen LogP contribution in [0.1, 0.15) is 41.8 Å². The highest BCUT2D eigenvalue weighted by atomic mass is 16.5. The van der Waals surface area contributed by atoms with Gasteiger partial charge in [-0.05, 0) is 44.4 Å². The number of morpholine rings is 1. The predicted octanol–water partition coefficient (Wildman–Crippen LogP) is 3.01. The van der Waals surface area contributed by atoms with Gasteiger partial charge in [-0.1, -0.05) is 23.8 Å². The molecule has 1 aromatic heterocycles. The van der Waals surface area contributed by atoms with Gasteiger partial charge in [-0.15, -0.1) is 0 Å². The van der Waals surface area contributed by atoms with E-state index in [9.17, 15) is 4.79 Å². The summed E-state index contributed by atoms with van der Waals surface area (Å²) < 4.78 is 6.04. The zero-order valence-corrected chi connectivity index (χ0v) is 15.1. The number of aryl methyl sites for hydroxylation is 3. The van der Waals surface area contributed by atoms with Crippen LogP contribution >= 0.6 is 0 Å². The Bertz CT molecular complexity index is 733. The molecule has 3 rings (SSSR count). The summed E-state index contributed by atoms with van der Waals surface area (Å²) in [6.07, 6.45) is 4.27. The zero-order chi connectivity index (χ0) is 17.8. The zero-order valence-electron chi connectivity index (χ0n) is 15.1. The molecule has 1 saturated heterocycles. The smallest absolute Gasteiger partial charge is 0.223 e. The highest BCUT2D eigenvalue weighted by Crippen LogP contribution is 2.28. The van der Waals surface area contributed by atoms with Crippen LogP contribution in [0.15, 0.2) is 36.8 Å². The first-order chi connectivity index (χ1) is 12.0. The first-order valence-electron chi connectivity index (χ1n) is 8.77. The molecule has 1 fully saturated rings. The quantitative estimate of drug-likeness (QED) is 0.859. The molecule has 1 aliphatic heterocycles. The highest BCUT2D eigenvalue weighted by molar-refractivity contribution is 5.77. The van der Waals surface area contributed by atoms with Crippen molar-refractivity contribution in [1.82, 2.24) is 14.9 Å². The average Bonchev–Trinajstić information content (AvgIpc) is 2.63. The summed E-state index contributed by atoms with van der Waals surface area (Å²) in [5.74, 6) is 0.157. The molecule has 2 aromatic rings. The van der Waals surface area contributed by atoms with Crippen molar-refractivity contribution >= 4 is 5.91 Å². The standard InChI is InChI=1S/C20H25N3O2/c1-14-4-5-15(2)18(10-14)19-11-23(16(3)12-25-19)20(24)7-6-17-8-9-21-13-22-17/h4-5,8-10,13,16,19H,6-7,11-12H2,1-3H3/t16-,19+/m1/s1. The second-order valence-electron chi connectivity index (χ2n) is 6.78. The third-order valence-electron chi connectivity index (χ3n) is 4.77. The summed E-state index contributed by atoms with van der Waals surface area (Å²) in [7, 11) is 0. The molecular formula is C20H25N3O2. The number of carbonyl (C=O) groups excluding carboxylic acids is 1. The first-order valence-corrected chi connectivity index (χ1v) is 8.77. The molecule has 5 nitrogen and oxygen atoms in total. The lowest BCUT2D eigenvalue weighted by atomic mass is 9.98. The van der Waals surface area contributed by atoms with E-state index < -0.39 is 0 Å². The molecule has 25 heavy (non-hydrogen) atoms. The summed E-state index contributed by atoms with van der Waals surface area (Å²) in [6, 6.07) is 8.34. The Morgan fingerprint density at radius 2 is 2.16 bits per heavy atom. The number of hydrogen-bond acceptors (Lipinski definition) is 4. The number of rotatable bonds is 4. The maximum Gasteiger partial charge on any atom is 0.223 e. The topological polar surface area (TPSA) is 55.3 Å². The van der Waals surface area contributed by atoms with Crippen LogP contribution in [-0.2, 0) is 16.0 Å². The summed E-state index contributed by atoms with van der Waals surface area (Å²) in [6.45, 7) is 7.39. The van der Waals surface area contributed by atoms with Gasteiger partial charge in [-0.2, -0.15) is 0 Å². The van der Waals surface area contributed by atoms with E-state index in [0.29, 0.717) is 26.0 Å². The lowest BCUT2D eigenvalue weighted by Gasteiger charge is -2.39. The minimum atomic E-state index is -0.0564. The molecule has 0 bridgehead atoms. The predicted molar refractivity (Wildman–Crippen MR) is 96.1 cm³/mol. The second kappa shape index (κ2) is 7.74. The lowest BCUT2D eigenvalue weighted by Crippen LogP contribution is -2.48. The van der Waals surface area contributed by atoms with Crippen LogP contribution in [-0.4, -0.2) is 40.0 Å². The molecule has 2 atom stereocenters. The molecule has 132 valence electrons. The first kappa shape index (κ1) is 17.5. The van der Waals surface area contributed by atoms with Gasteiger partial charge in [0.05, 0.1) is 19.2 Å². The molecule has 0 aliphatic carbocycles. The van der Waals surface area contributed by atoms with Crippen LogP contribution in [0, 0.1) is 13.8 Å². The SMILES string of the molecule is Cc1ccc(C)c([C@@H]2CN(C(=O)CCc3ccncn3)[C@H](C)CO2)c1. The average molecular weight is 339 g/mol. The number of aromatic nitrogens is 2. The summed E-state index contributed by atoms with van der Waals surface area (Å²) in [4.78, 5) is 22.8. The fraction of sp³-hybridized carbons (Fsp3) is 0.450. The summed E-state index contributed by atoms with van der Waals surface area (Å²) in [5, 5.41) is 0. The Labute approximate surface area is 149 Å². The van der Waals surface area contributed by atoms with E-state index in [1.54, 1.807) is 6.20 Å². The van der Waals surface area contributed by atoms with Gasteiger partial charge in [0.15, 0.2) is 0 Å². The minimum absolute atomic E-state index is 0.0564. The third-order valence-corrected chi connectivity index (χ3v) is 4.77. The van der Waals surface area contributed by atoms with Crippen molar-refractivity contribution < 1.29 is 9.53 Å². The van der Waals surface area contributed by atoms with Crippen LogP contribution in [0.4, 0.5) is 0 Å². The van der Waals surface area contributed by atoms with Crippen LogP contribution in [0.3, 0.4) is 0 Å². The molecule has 0 N–H and O–H groups in total. The van der Waals surface area contributed by atoms with Crippen molar-refractivity contribution in [3.8, 4) is 0 Å². The molecule has 1 aromatic carbocycles. The Morgan fingerprint density at radius 1 is 1.32 bits per heavy atom. The van der Waals surface area contributed by atoms with Crippen molar-refractivity contribution in [1.29, 1.82) is 0 Å². The van der Waals surface area contributed by atoms with E-state index in [1.807, 2.05) is 17.9 Å². The van der Waals surface area contributed by atoms with E-state index in [0.717, 1.165) is 5.69 Å².